The molecule has 4 nitrogen and oxygen atoms in total. The average Bonchev–Trinajstić information content (AvgIpc) is 2.20. The van der Waals surface area contributed by atoms with Gasteiger partial charge in [-0.15, -0.1) is 0 Å². The maximum atomic E-state index is 12.0. The Kier molecular flexibility index (Phi) is 5.82. The molecule has 17 heavy (non-hydrogen) atoms. The minimum Gasteiger partial charge on any atom is -0.392 e. The predicted molar refractivity (Wildman–Crippen MR) is 74.4 cm³/mol. The van der Waals surface area contributed by atoms with E-state index in [9.17, 15) is 8.42 Å². The van der Waals surface area contributed by atoms with Crippen molar-refractivity contribution in [2.24, 2.45) is 5.73 Å². The van der Waals surface area contributed by atoms with Crippen LogP contribution in [-0.4, -0.2) is 24.7 Å². The minimum atomic E-state index is -3.40. The SMILES string of the molecule is CC(C(N)=S)S(=O)(=O)NC1CCCCCCC1. The number of nitrogens with two attached hydrogens (primary N) is 1. The first-order valence-electron chi connectivity index (χ1n) is 6.24. The third-order valence-electron chi connectivity index (χ3n) is 3.30. The van der Waals surface area contributed by atoms with Gasteiger partial charge in [-0.3, -0.25) is 0 Å². The number of hydrogen-bond donors (Lipinski definition) is 2. The number of thiocarbonyl (C=S) groups is 1. The lowest BCUT2D eigenvalue weighted by molar-refractivity contribution is 0.426. The molecule has 1 aliphatic carbocycles. The van der Waals surface area contributed by atoms with Gasteiger partial charge in [0.2, 0.25) is 10.0 Å². The van der Waals surface area contributed by atoms with Crippen LogP contribution >= 0.6 is 12.2 Å². The van der Waals surface area contributed by atoms with Gasteiger partial charge in [-0.25, -0.2) is 13.1 Å². The van der Waals surface area contributed by atoms with Crippen LogP contribution in [0.15, 0.2) is 0 Å². The lowest BCUT2D eigenvalue weighted by Crippen LogP contribution is -2.44. The van der Waals surface area contributed by atoms with Crippen molar-refractivity contribution in [3.8, 4) is 0 Å². The Morgan fingerprint density at radius 1 is 1.24 bits per heavy atom. The highest BCUT2D eigenvalue weighted by atomic mass is 32.2. The zero-order valence-electron chi connectivity index (χ0n) is 10.3. The van der Waals surface area contributed by atoms with E-state index in [2.05, 4.69) is 4.72 Å². The highest BCUT2D eigenvalue weighted by Crippen LogP contribution is 2.18. The van der Waals surface area contributed by atoms with E-state index in [0.717, 1.165) is 25.7 Å². The Morgan fingerprint density at radius 3 is 2.18 bits per heavy atom. The summed E-state index contributed by atoms with van der Waals surface area (Å²) >= 11 is 4.74. The summed E-state index contributed by atoms with van der Waals surface area (Å²) in [6, 6.07) is 0.0529. The Hall–Kier alpha value is -0.200. The van der Waals surface area contributed by atoms with Gasteiger partial charge in [-0.1, -0.05) is 44.3 Å². The number of sulfonamides is 1. The fourth-order valence-corrected chi connectivity index (χ4v) is 3.65. The second-order valence-corrected chi connectivity index (χ2v) is 7.25. The Morgan fingerprint density at radius 2 is 1.71 bits per heavy atom. The number of nitrogens with one attached hydrogen (secondary N) is 1. The van der Waals surface area contributed by atoms with Gasteiger partial charge in [-0.2, -0.15) is 0 Å². The third-order valence-corrected chi connectivity index (χ3v) is 5.65. The quantitative estimate of drug-likeness (QED) is 0.768. The zero-order chi connectivity index (χ0) is 12.9. The average molecular weight is 278 g/mol. The fraction of sp³-hybridized carbons (Fsp3) is 0.909. The maximum Gasteiger partial charge on any atom is 0.220 e. The van der Waals surface area contributed by atoms with Gasteiger partial charge in [-0.05, 0) is 19.8 Å². The van der Waals surface area contributed by atoms with Crippen molar-refractivity contribution in [3.63, 3.8) is 0 Å². The molecular formula is C11H22N2O2S2. The summed E-state index contributed by atoms with van der Waals surface area (Å²) in [5.41, 5.74) is 5.40. The second-order valence-electron chi connectivity index (χ2n) is 4.75. The molecule has 0 aromatic rings. The molecule has 1 saturated carbocycles. The summed E-state index contributed by atoms with van der Waals surface area (Å²) in [6.07, 6.45) is 7.69. The molecule has 6 heteroatoms. The van der Waals surface area contributed by atoms with Gasteiger partial charge in [0.25, 0.3) is 0 Å². The monoisotopic (exact) mass is 278 g/mol. The first-order valence-corrected chi connectivity index (χ1v) is 8.19. The second kappa shape index (κ2) is 6.66. The summed E-state index contributed by atoms with van der Waals surface area (Å²) in [4.78, 5) is 0.0309. The van der Waals surface area contributed by atoms with Gasteiger partial charge in [0.05, 0.1) is 4.99 Å². The van der Waals surface area contributed by atoms with Crippen molar-refractivity contribution in [2.45, 2.75) is 63.2 Å². The number of rotatable bonds is 4. The largest absolute Gasteiger partial charge is 0.392 e. The van der Waals surface area contributed by atoms with Crippen LogP contribution in [0.5, 0.6) is 0 Å². The van der Waals surface area contributed by atoms with Crippen LogP contribution < -0.4 is 10.5 Å². The van der Waals surface area contributed by atoms with E-state index in [1.807, 2.05) is 0 Å². The van der Waals surface area contributed by atoms with Gasteiger partial charge >= 0.3 is 0 Å². The predicted octanol–water partition coefficient (Wildman–Crippen LogP) is 1.69. The zero-order valence-corrected chi connectivity index (χ0v) is 11.9. The molecule has 0 aromatic heterocycles. The summed E-state index contributed by atoms with van der Waals surface area (Å²) < 4.78 is 26.7. The van der Waals surface area contributed by atoms with E-state index in [4.69, 9.17) is 18.0 Å². The molecule has 1 aliphatic rings. The molecule has 100 valence electrons. The van der Waals surface area contributed by atoms with Crippen molar-refractivity contribution < 1.29 is 8.42 Å². The van der Waals surface area contributed by atoms with E-state index >= 15 is 0 Å². The molecule has 0 aliphatic heterocycles. The Labute approximate surface area is 109 Å². The van der Waals surface area contributed by atoms with E-state index in [-0.39, 0.29) is 11.0 Å². The molecule has 0 amide bonds. The lowest BCUT2D eigenvalue weighted by Gasteiger charge is -2.22. The van der Waals surface area contributed by atoms with Crippen LogP contribution in [0.3, 0.4) is 0 Å². The molecule has 0 heterocycles. The lowest BCUT2D eigenvalue weighted by atomic mass is 9.97. The Balaban J connectivity index is 2.58. The van der Waals surface area contributed by atoms with Gasteiger partial charge < -0.3 is 5.73 Å². The topological polar surface area (TPSA) is 72.2 Å². The third kappa shape index (κ3) is 4.89. The van der Waals surface area contributed by atoms with Crippen LogP contribution in [0.25, 0.3) is 0 Å². The van der Waals surface area contributed by atoms with E-state index in [1.54, 1.807) is 0 Å². The van der Waals surface area contributed by atoms with Crippen LogP contribution in [0.4, 0.5) is 0 Å². The molecule has 0 aromatic carbocycles. The van der Waals surface area contributed by atoms with Crippen molar-refractivity contribution in [1.29, 1.82) is 0 Å². The van der Waals surface area contributed by atoms with Crippen molar-refractivity contribution >= 4 is 27.2 Å². The van der Waals surface area contributed by atoms with E-state index in [1.165, 1.54) is 26.2 Å². The normalized spacial score (nSPS) is 21.5. The fourth-order valence-electron chi connectivity index (χ4n) is 2.06. The van der Waals surface area contributed by atoms with Crippen molar-refractivity contribution in [3.05, 3.63) is 0 Å². The van der Waals surface area contributed by atoms with Gasteiger partial charge in [0.15, 0.2) is 0 Å². The summed E-state index contributed by atoms with van der Waals surface area (Å²) in [5.74, 6) is 0. The molecule has 0 radical (unpaired) electrons. The van der Waals surface area contributed by atoms with Gasteiger partial charge in [0.1, 0.15) is 5.25 Å². The van der Waals surface area contributed by atoms with Crippen LogP contribution in [0.2, 0.25) is 0 Å². The van der Waals surface area contributed by atoms with Crippen molar-refractivity contribution in [2.75, 3.05) is 0 Å². The highest BCUT2D eigenvalue weighted by Gasteiger charge is 2.26. The summed E-state index contributed by atoms with van der Waals surface area (Å²) in [5, 5.41) is -0.789. The summed E-state index contributed by atoms with van der Waals surface area (Å²) in [6.45, 7) is 1.54. The first kappa shape index (κ1) is 14.9. The summed E-state index contributed by atoms with van der Waals surface area (Å²) in [7, 11) is -3.40. The van der Waals surface area contributed by atoms with Crippen molar-refractivity contribution in [1.82, 2.24) is 4.72 Å². The standard InChI is InChI=1S/C11H22N2O2S2/c1-9(11(12)16)17(14,15)13-10-7-5-3-2-4-6-8-10/h9-10,13H,2-8H2,1H3,(H2,12,16). The molecule has 1 atom stereocenters. The molecule has 1 fully saturated rings. The molecule has 1 rings (SSSR count). The molecule has 0 saturated heterocycles. The van der Waals surface area contributed by atoms with E-state index in [0.29, 0.717) is 0 Å². The maximum absolute atomic E-state index is 12.0. The Bertz CT molecular complexity index is 346. The minimum absolute atomic E-state index is 0.0309. The van der Waals surface area contributed by atoms with Gasteiger partial charge in [0, 0.05) is 6.04 Å². The first-order chi connectivity index (χ1) is 7.93. The smallest absolute Gasteiger partial charge is 0.220 e. The highest BCUT2D eigenvalue weighted by molar-refractivity contribution is 7.93. The number of hydrogen-bond acceptors (Lipinski definition) is 3. The molecule has 1 unspecified atom stereocenters. The van der Waals surface area contributed by atoms with Crippen LogP contribution in [0, 0.1) is 0 Å². The molecule has 0 bridgehead atoms. The van der Waals surface area contributed by atoms with Crippen LogP contribution in [0.1, 0.15) is 51.9 Å². The molecule has 0 spiro atoms. The van der Waals surface area contributed by atoms with E-state index < -0.39 is 15.3 Å². The molecular weight excluding hydrogens is 256 g/mol. The van der Waals surface area contributed by atoms with Crippen LogP contribution in [-0.2, 0) is 10.0 Å². The molecule has 3 N–H and O–H groups in total.